The normalized spacial score (nSPS) is 16.5. The van der Waals surface area contributed by atoms with Crippen LogP contribution < -0.4 is 20.8 Å². The quantitative estimate of drug-likeness (QED) is 0.533. The number of allylic oxidation sites excluding steroid dienone is 1. The number of carbonyl (C=O) groups excluding carboxylic acids is 2. The van der Waals surface area contributed by atoms with Crippen LogP contribution in [0.5, 0.6) is 5.75 Å². The number of nitrogens with one attached hydrogen (secondary N) is 3. The lowest BCUT2D eigenvalue weighted by Gasteiger charge is -2.28. The Hall–Kier alpha value is -3.32. The second-order valence-corrected chi connectivity index (χ2v) is 6.53. The molecule has 3 N–H and O–H groups in total. The van der Waals surface area contributed by atoms with Gasteiger partial charge in [0.05, 0.1) is 24.9 Å². The van der Waals surface area contributed by atoms with Crippen LogP contribution in [0.25, 0.3) is 0 Å². The number of hydrazone groups is 1. The Morgan fingerprint density at radius 1 is 1.18 bits per heavy atom. The zero-order chi connectivity index (χ0) is 20.1. The minimum atomic E-state index is -0.606. The fraction of sp³-hybridized carbons (Fsp3) is 0.150. The summed E-state index contributed by atoms with van der Waals surface area (Å²) in [6.45, 7) is 1.67. The minimum absolute atomic E-state index is 0.373. The Kier molecular flexibility index (Phi) is 5.96. The Bertz CT molecular complexity index is 937. The van der Waals surface area contributed by atoms with E-state index in [0.29, 0.717) is 22.0 Å². The number of hydrogen-bond acceptors (Lipinski definition) is 4. The van der Waals surface area contributed by atoms with Gasteiger partial charge in [0.25, 0.3) is 5.91 Å². The van der Waals surface area contributed by atoms with Gasteiger partial charge < -0.3 is 15.4 Å². The summed E-state index contributed by atoms with van der Waals surface area (Å²) in [6.07, 6.45) is 1.52. The Morgan fingerprint density at radius 3 is 2.50 bits per heavy atom. The van der Waals surface area contributed by atoms with Crippen LogP contribution in [0.15, 0.2) is 64.9 Å². The van der Waals surface area contributed by atoms with Gasteiger partial charge in [0.15, 0.2) is 0 Å². The fourth-order valence-electron chi connectivity index (χ4n) is 2.82. The van der Waals surface area contributed by atoms with Gasteiger partial charge in [-0.1, -0.05) is 35.9 Å². The fourth-order valence-corrected chi connectivity index (χ4v) is 2.94. The highest BCUT2D eigenvalue weighted by molar-refractivity contribution is 6.30. The van der Waals surface area contributed by atoms with Crippen molar-refractivity contribution in [2.45, 2.75) is 13.0 Å². The Morgan fingerprint density at radius 2 is 1.86 bits per heavy atom. The topological polar surface area (TPSA) is 91.8 Å². The highest BCUT2D eigenvalue weighted by Gasteiger charge is 2.31. The third-order valence-electron chi connectivity index (χ3n) is 4.21. The van der Waals surface area contributed by atoms with E-state index >= 15 is 0 Å². The second kappa shape index (κ2) is 8.58. The van der Waals surface area contributed by atoms with Crippen LogP contribution in [0, 0.1) is 0 Å². The largest absolute Gasteiger partial charge is 0.497 e. The molecule has 0 unspecified atom stereocenters. The summed E-state index contributed by atoms with van der Waals surface area (Å²) in [5, 5.41) is 10.0. The maximum absolute atomic E-state index is 12.7. The predicted molar refractivity (Wildman–Crippen MR) is 107 cm³/mol. The van der Waals surface area contributed by atoms with Crippen molar-refractivity contribution < 1.29 is 14.3 Å². The number of benzene rings is 2. The van der Waals surface area contributed by atoms with E-state index in [1.807, 2.05) is 0 Å². The van der Waals surface area contributed by atoms with Crippen molar-refractivity contribution in [2.24, 2.45) is 5.10 Å². The van der Waals surface area contributed by atoms with Gasteiger partial charge in [-0.05, 0) is 42.3 Å². The molecule has 1 aliphatic rings. The molecule has 28 heavy (non-hydrogen) atoms. The third kappa shape index (κ3) is 4.50. The lowest BCUT2D eigenvalue weighted by atomic mass is 9.95. The molecule has 0 bridgehead atoms. The number of rotatable bonds is 5. The highest BCUT2D eigenvalue weighted by Crippen LogP contribution is 2.28. The number of nitrogens with zero attached hydrogens (tertiary/aromatic N) is 1. The molecule has 0 saturated heterocycles. The van der Waals surface area contributed by atoms with Crippen LogP contribution in [0.2, 0.25) is 5.02 Å². The summed E-state index contributed by atoms with van der Waals surface area (Å²) >= 11 is 5.85. The molecule has 7 nitrogen and oxygen atoms in total. The zero-order valence-corrected chi connectivity index (χ0v) is 16.1. The number of carbonyl (C=O) groups is 2. The van der Waals surface area contributed by atoms with E-state index in [-0.39, 0.29) is 6.03 Å². The summed E-state index contributed by atoms with van der Waals surface area (Å²) < 4.78 is 5.16. The van der Waals surface area contributed by atoms with Crippen LogP contribution in [-0.4, -0.2) is 25.3 Å². The summed E-state index contributed by atoms with van der Waals surface area (Å²) in [7, 11) is 1.57. The van der Waals surface area contributed by atoms with Crippen molar-refractivity contribution in [3.63, 3.8) is 0 Å². The molecule has 2 aromatic carbocycles. The van der Waals surface area contributed by atoms with E-state index in [2.05, 4.69) is 21.2 Å². The maximum atomic E-state index is 12.7. The molecule has 8 heteroatoms. The monoisotopic (exact) mass is 398 g/mol. The van der Waals surface area contributed by atoms with Gasteiger partial charge in [-0.25, -0.2) is 10.2 Å². The van der Waals surface area contributed by atoms with E-state index in [1.54, 1.807) is 62.6 Å². The van der Waals surface area contributed by atoms with Gasteiger partial charge in [-0.3, -0.25) is 4.79 Å². The van der Waals surface area contributed by atoms with Crippen LogP contribution in [-0.2, 0) is 4.79 Å². The molecule has 0 saturated carbocycles. The Labute approximate surface area is 167 Å². The number of urea groups is 1. The van der Waals surface area contributed by atoms with Gasteiger partial charge >= 0.3 is 6.03 Å². The zero-order valence-electron chi connectivity index (χ0n) is 15.3. The van der Waals surface area contributed by atoms with E-state index in [1.165, 1.54) is 6.21 Å². The van der Waals surface area contributed by atoms with Crippen molar-refractivity contribution in [1.82, 2.24) is 16.1 Å². The number of amides is 3. The predicted octanol–water partition coefficient (Wildman–Crippen LogP) is 3.13. The Balaban J connectivity index is 1.80. The van der Waals surface area contributed by atoms with Gasteiger partial charge in [-0.2, -0.15) is 5.10 Å². The van der Waals surface area contributed by atoms with Crippen molar-refractivity contribution in [3.05, 3.63) is 76.0 Å². The van der Waals surface area contributed by atoms with Crippen LogP contribution in [0.4, 0.5) is 4.79 Å². The molecule has 144 valence electrons. The number of halogens is 1. The average molecular weight is 399 g/mol. The molecule has 1 heterocycles. The van der Waals surface area contributed by atoms with E-state index in [0.717, 1.165) is 11.1 Å². The first-order valence-corrected chi connectivity index (χ1v) is 8.87. The summed E-state index contributed by atoms with van der Waals surface area (Å²) in [6, 6.07) is 13.2. The molecule has 0 aromatic heterocycles. The molecule has 2 aromatic rings. The second-order valence-electron chi connectivity index (χ2n) is 6.09. The van der Waals surface area contributed by atoms with E-state index < -0.39 is 11.9 Å². The molecule has 3 amide bonds. The molecular weight excluding hydrogens is 380 g/mol. The van der Waals surface area contributed by atoms with Crippen LogP contribution in [0.3, 0.4) is 0 Å². The van der Waals surface area contributed by atoms with Crippen LogP contribution in [0.1, 0.15) is 24.1 Å². The lowest BCUT2D eigenvalue weighted by Crippen LogP contribution is -2.46. The first kappa shape index (κ1) is 19.4. The first-order valence-electron chi connectivity index (χ1n) is 8.49. The SMILES string of the molecule is COc1ccc([C@H]2NC(=O)NC(C)=C2C(=O)N/N=C\c2ccc(Cl)cc2)cc1. The van der Waals surface area contributed by atoms with Crippen molar-refractivity contribution >= 4 is 29.8 Å². The summed E-state index contributed by atoms with van der Waals surface area (Å²) in [5.74, 6) is 0.263. The molecular formula is C20H19ClN4O3. The standard InChI is InChI=1S/C20H19ClN4O3/c1-12-17(19(26)25-22-11-13-3-7-15(21)8-4-13)18(24-20(27)23-12)14-5-9-16(28-2)10-6-14/h3-11,18H,1-2H3,(H,25,26)(H2,23,24,27)/b22-11-/t18-/m1/s1. The van der Waals surface area contributed by atoms with Gasteiger partial charge in [0.1, 0.15) is 5.75 Å². The molecule has 3 rings (SSSR count). The minimum Gasteiger partial charge on any atom is -0.497 e. The molecule has 0 aliphatic carbocycles. The number of hydrogen-bond donors (Lipinski definition) is 3. The summed E-state index contributed by atoms with van der Waals surface area (Å²) in [5.41, 5.74) is 4.88. The van der Waals surface area contributed by atoms with Crippen molar-refractivity contribution in [1.29, 1.82) is 0 Å². The van der Waals surface area contributed by atoms with Crippen molar-refractivity contribution in [2.75, 3.05) is 7.11 Å². The molecule has 0 spiro atoms. The smallest absolute Gasteiger partial charge is 0.319 e. The molecule has 0 fully saturated rings. The number of methoxy groups -OCH3 is 1. The number of ether oxygens (including phenoxy) is 1. The third-order valence-corrected chi connectivity index (χ3v) is 4.46. The van der Waals surface area contributed by atoms with Gasteiger partial charge in [0, 0.05) is 10.7 Å². The lowest BCUT2D eigenvalue weighted by molar-refractivity contribution is -0.117. The van der Waals surface area contributed by atoms with Crippen molar-refractivity contribution in [3.8, 4) is 5.75 Å². The maximum Gasteiger partial charge on any atom is 0.319 e. The highest BCUT2D eigenvalue weighted by atomic mass is 35.5. The van der Waals surface area contributed by atoms with E-state index in [4.69, 9.17) is 16.3 Å². The van der Waals surface area contributed by atoms with Gasteiger partial charge in [0.2, 0.25) is 0 Å². The molecule has 0 radical (unpaired) electrons. The van der Waals surface area contributed by atoms with Gasteiger partial charge in [-0.15, -0.1) is 0 Å². The first-order chi connectivity index (χ1) is 13.5. The summed E-state index contributed by atoms with van der Waals surface area (Å²) in [4.78, 5) is 24.7. The average Bonchev–Trinajstić information content (AvgIpc) is 2.69. The molecule has 1 aliphatic heterocycles. The van der Waals surface area contributed by atoms with Crippen LogP contribution >= 0.6 is 11.6 Å². The molecule has 1 atom stereocenters. The van der Waals surface area contributed by atoms with E-state index in [9.17, 15) is 9.59 Å².